The SMILES string of the molecule is CN(C)C(=O)CNC(=O)[C@H]1C[C@H](F)CN1.Cl. The Bertz CT molecular complexity index is 263. The first-order valence-corrected chi connectivity index (χ1v) is 4.86. The minimum atomic E-state index is -0.967. The molecule has 1 aliphatic heterocycles. The second-order valence-electron chi connectivity index (χ2n) is 3.80. The number of alkyl halides is 1. The Labute approximate surface area is 100 Å². The van der Waals surface area contributed by atoms with Gasteiger partial charge in [-0.15, -0.1) is 12.4 Å². The van der Waals surface area contributed by atoms with Crippen LogP contribution in [-0.2, 0) is 9.59 Å². The van der Waals surface area contributed by atoms with Crippen molar-refractivity contribution in [1.29, 1.82) is 0 Å². The lowest BCUT2D eigenvalue weighted by Crippen LogP contribution is -2.44. The highest BCUT2D eigenvalue weighted by atomic mass is 35.5. The van der Waals surface area contributed by atoms with Crippen LogP contribution in [0.5, 0.6) is 0 Å². The van der Waals surface area contributed by atoms with Gasteiger partial charge in [-0.1, -0.05) is 0 Å². The quantitative estimate of drug-likeness (QED) is 0.700. The lowest BCUT2D eigenvalue weighted by molar-refractivity contribution is -0.131. The van der Waals surface area contributed by atoms with Crippen molar-refractivity contribution in [3.8, 4) is 0 Å². The molecule has 0 aliphatic carbocycles. The molecule has 16 heavy (non-hydrogen) atoms. The molecule has 94 valence electrons. The summed E-state index contributed by atoms with van der Waals surface area (Å²) in [5, 5.41) is 5.21. The van der Waals surface area contributed by atoms with Gasteiger partial charge in [0, 0.05) is 27.1 Å². The number of halogens is 2. The Kier molecular flexibility index (Phi) is 6.28. The van der Waals surface area contributed by atoms with E-state index in [0.717, 1.165) is 0 Å². The molecule has 2 atom stereocenters. The zero-order valence-corrected chi connectivity index (χ0v) is 10.1. The number of amides is 2. The van der Waals surface area contributed by atoms with Crippen molar-refractivity contribution in [2.45, 2.75) is 18.6 Å². The summed E-state index contributed by atoms with van der Waals surface area (Å²) in [7, 11) is 3.22. The van der Waals surface area contributed by atoms with Crippen LogP contribution in [0.1, 0.15) is 6.42 Å². The summed E-state index contributed by atoms with van der Waals surface area (Å²) >= 11 is 0. The Morgan fingerprint density at radius 3 is 2.56 bits per heavy atom. The Morgan fingerprint density at radius 2 is 2.12 bits per heavy atom. The Hall–Kier alpha value is -0.880. The second-order valence-corrected chi connectivity index (χ2v) is 3.80. The molecule has 0 spiro atoms. The van der Waals surface area contributed by atoms with Crippen LogP contribution in [-0.4, -0.2) is 56.1 Å². The molecule has 0 radical (unpaired) electrons. The van der Waals surface area contributed by atoms with Gasteiger partial charge in [0.2, 0.25) is 11.8 Å². The highest BCUT2D eigenvalue weighted by Crippen LogP contribution is 2.09. The van der Waals surface area contributed by atoms with Crippen molar-refractivity contribution in [3.63, 3.8) is 0 Å². The van der Waals surface area contributed by atoms with Gasteiger partial charge in [-0.25, -0.2) is 4.39 Å². The maximum absolute atomic E-state index is 12.7. The monoisotopic (exact) mass is 253 g/mol. The van der Waals surface area contributed by atoms with Gasteiger partial charge in [-0.05, 0) is 0 Å². The van der Waals surface area contributed by atoms with Crippen LogP contribution in [0.4, 0.5) is 4.39 Å². The van der Waals surface area contributed by atoms with E-state index in [1.54, 1.807) is 14.1 Å². The lowest BCUT2D eigenvalue weighted by atomic mass is 10.2. The third kappa shape index (κ3) is 4.32. The fraction of sp³-hybridized carbons (Fsp3) is 0.778. The van der Waals surface area contributed by atoms with Gasteiger partial charge in [0.15, 0.2) is 0 Å². The minimum Gasteiger partial charge on any atom is -0.347 e. The number of likely N-dealkylation sites (N-methyl/N-ethyl adjacent to an activating group) is 1. The van der Waals surface area contributed by atoms with Crippen LogP contribution in [0.3, 0.4) is 0 Å². The molecule has 1 rings (SSSR count). The van der Waals surface area contributed by atoms with Crippen LogP contribution in [0.15, 0.2) is 0 Å². The van der Waals surface area contributed by atoms with Gasteiger partial charge in [0.1, 0.15) is 6.17 Å². The number of rotatable bonds is 3. The van der Waals surface area contributed by atoms with Crippen molar-refractivity contribution in [2.75, 3.05) is 27.2 Å². The molecule has 1 saturated heterocycles. The van der Waals surface area contributed by atoms with Gasteiger partial charge < -0.3 is 15.5 Å². The van der Waals surface area contributed by atoms with Crippen LogP contribution in [0.25, 0.3) is 0 Å². The van der Waals surface area contributed by atoms with E-state index in [4.69, 9.17) is 0 Å². The maximum Gasteiger partial charge on any atom is 0.241 e. The number of hydrogen-bond donors (Lipinski definition) is 2. The standard InChI is InChI=1S/C9H16FN3O2.ClH/c1-13(2)8(14)5-12-9(15)7-3-6(10)4-11-7;/h6-7,11H,3-5H2,1-2H3,(H,12,15);1H/t6-,7+;/m0./s1. The molecule has 0 bridgehead atoms. The maximum atomic E-state index is 12.7. The third-order valence-electron chi connectivity index (χ3n) is 2.31. The molecule has 0 aromatic heterocycles. The van der Waals surface area contributed by atoms with E-state index < -0.39 is 12.2 Å². The minimum absolute atomic E-state index is 0. The number of nitrogens with one attached hydrogen (secondary N) is 2. The topological polar surface area (TPSA) is 61.4 Å². The van der Waals surface area contributed by atoms with E-state index >= 15 is 0 Å². The number of carbonyl (C=O) groups excluding carboxylic acids is 2. The van der Waals surface area contributed by atoms with Crippen molar-refractivity contribution >= 4 is 24.2 Å². The molecule has 2 N–H and O–H groups in total. The smallest absolute Gasteiger partial charge is 0.241 e. The summed E-state index contributed by atoms with van der Waals surface area (Å²) < 4.78 is 12.7. The Morgan fingerprint density at radius 1 is 1.50 bits per heavy atom. The average Bonchev–Trinajstić information content (AvgIpc) is 2.60. The highest BCUT2D eigenvalue weighted by Gasteiger charge is 2.29. The molecule has 2 amide bonds. The van der Waals surface area contributed by atoms with Gasteiger partial charge in [-0.3, -0.25) is 9.59 Å². The van der Waals surface area contributed by atoms with E-state index in [9.17, 15) is 14.0 Å². The van der Waals surface area contributed by atoms with Crippen molar-refractivity contribution in [2.24, 2.45) is 0 Å². The Balaban J connectivity index is 0.00000225. The largest absolute Gasteiger partial charge is 0.347 e. The first-order chi connectivity index (χ1) is 7.00. The molecule has 1 heterocycles. The van der Waals surface area contributed by atoms with Crippen LogP contribution in [0.2, 0.25) is 0 Å². The molecule has 0 aromatic rings. The molecule has 7 heteroatoms. The molecule has 1 aliphatic rings. The lowest BCUT2D eigenvalue weighted by Gasteiger charge is -2.13. The van der Waals surface area contributed by atoms with E-state index in [1.165, 1.54) is 4.90 Å². The highest BCUT2D eigenvalue weighted by molar-refractivity contribution is 5.87. The zero-order chi connectivity index (χ0) is 11.4. The van der Waals surface area contributed by atoms with E-state index in [-0.39, 0.29) is 43.7 Å². The van der Waals surface area contributed by atoms with Crippen molar-refractivity contribution in [1.82, 2.24) is 15.5 Å². The number of nitrogens with zero attached hydrogens (tertiary/aromatic N) is 1. The fourth-order valence-electron chi connectivity index (χ4n) is 1.34. The summed E-state index contributed by atoms with van der Waals surface area (Å²) in [6, 6.07) is -0.505. The summed E-state index contributed by atoms with van der Waals surface area (Å²) in [5.74, 6) is -0.497. The van der Waals surface area contributed by atoms with E-state index in [0.29, 0.717) is 0 Å². The van der Waals surface area contributed by atoms with Crippen LogP contribution >= 0.6 is 12.4 Å². The van der Waals surface area contributed by atoms with Gasteiger partial charge in [-0.2, -0.15) is 0 Å². The van der Waals surface area contributed by atoms with Crippen molar-refractivity contribution in [3.05, 3.63) is 0 Å². The number of hydrogen-bond acceptors (Lipinski definition) is 3. The van der Waals surface area contributed by atoms with Crippen LogP contribution < -0.4 is 10.6 Å². The molecular weight excluding hydrogens is 237 g/mol. The fourth-order valence-corrected chi connectivity index (χ4v) is 1.34. The predicted octanol–water partition coefficient (Wildman–Crippen LogP) is -0.687. The van der Waals surface area contributed by atoms with Gasteiger partial charge >= 0.3 is 0 Å². The summed E-state index contributed by atoms with van der Waals surface area (Å²) in [4.78, 5) is 23.9. The second kappa shape index (κ2) is 6.65. The first kappa shape index (κ1) is 15.1. The molecule has 0 unspecified atom stereocenters. The average molecular weight is 254 g/mol. The zero-order valence-electron chi connectivity index (χ0n) is 9.33. The molecule has 1 fully saturated rings. The van der Waals surface area contributed by atoms with E-state index in [2.05, 4.69) is 10.6 Å². The van der Waals surface area contributed by atoms with Crippen LogP contribution in [0, 0.1) is 0 Å². The van der Waals surface area contributed by atoms with Gasteiger partial charge in [0.05, 0.1) is 12.6 Å². The normalized spacial score (nSPS) is 23.4. The predicted molar refractivity (Wildman–Crippen MR) is 60.3 cm³/mol. The summed E-state index contributed by atoms with van der Waals surface area (Å²) in [6.45, 7) is 0.167. The molecular formula is C9H17ClFN3O2. The molecule has 0 aromatic carbocycles. The first-order valence-electron chi connectivity index (χ1n) is 4.86. The summed E-state index contributed by atoms with van der Waals surface area (Å²) in [5.41, 5.74) is 0. The molecule has 5 nitrogen and oxygen atoms in total. The van der Waals surface area contributed by atoms with Crippen molar-refractivity contribution < 1.29 is 14.0 Å². The third-order valence-corrected chi connectivity index (χ3v) is 2.31. The summed E-state index contributed by atoms with van der Waals surface area (Å²) in [6.07, 6.45) is -0.785. The molecule has 0 saturated carbocycles. The van der Waals surface area contributed by atoms with E-state index in [1.807, 2.05) is 0 Å². The van der Waals surface area contributed by atoms with Gasteiger partial charge in [0.25, 0.3) is 0 Å². The number of carbonyl (C=O) groups is 2.